The summed E-state index contributed by atoms with van der Waals surface area (Å²) < 4.78 is 5.32. The first-order chi connectivity index (χ1) is 10.5. The fourth-order valence-electron chi connectivity index (χ4n) is 2.85. The number of carbonyl (C=O) groups is 2. The first-order valence-electron chi connectivity index (χ1n) is 8.05. The van der Waals surface area contributed by atoms with Crippen molar-refractivity contribution in [2.45, 2.75) is 71.4 Å². The molecule has 1 aromatic heterocycles. The molecule has 1 aromatic rings. The van der Waals surface area contributed by atoms with Gasteiger partial charge in [0.05, 0.1) is 5.56 Å². The van der Waals surface area contributed by atoms with Crippen molar-refractivity contribution in [2.24, 2.45) is 0 Å². The van der Waals surface area contributed by atoms with E-state index in [1.54, 1.807) is 18.3 Å². The van der Waals surface area contributed by atoms with Gasteiger partial charge in [0.15, 0.2) is 6.10 Å². The lowest BCUT2D eigenvalue weighted by Gasteiger charge is -2.19. The van der Waals surface area contributed by atoms with Crippen molar-refractivity contribution in [2.75, 3.05) is 0 Å². The molecule has 1 N–H and O–H groups in total. The molecular formula is C17H25NO3S. The summed E-state index contributed by atoms with van der Waals surface area (Å²) in [6, 6.07) is 2.04. The molecule has 1 aliphatic carbocycles. The zero-order valence-electron chi connectivity index (χ0n) is 13.6. The van der Waals surface area contributed by atoms with E-state index in [0.717, 1.165) is 35.4 Å². The van der Waals surface area contributed by atoms with Crippen molar-refractivity contribution in [1.29, 1.82) is 0 Å². The molecule has 122 valence electrons. The predicted molar refractivity (Wildman–Crippen MR) is 88.3 cm³/mol. The molecule has 22 heavy (non-hydrogen) atoms. The van der Waals surface area contributed by atoms with E-state index in [2.05, 4.69) is 5.32 Å². The lowest BCUT2D eigenvalue weighted by atomic mass is 10.1. The van der Waals surface area contributed by atoms with Gasteiger partial charge in [-0.2, -0.15) is 0 Å². The molecule has 0 aromatic carbocycles. The van der Waals surface area contributed by atoms with Crippen molar-refractivity contribution in [3.8, 4) is 0 Å². The van der Waals surface area contributed by atoms with Gasteiger partial charge in [-0.1, -0.05) is 25.7 Å². The molecule has 1 heterocycles. The highest BCUT2D eigenvalue weighted by atomic mass is 32.1. The second-order valence-electron chi connectivity index (χ2n) is 6.07. The van der Waals surface area contributed by atoms with Crippen LogP contribution in [0.3, 0.4) is 0 Å². The van der Waals surface area contributed by atoms with E-state index in [9.17, 15) is 9.59 Å². The molecule has 2 rings (SSSR count). The molecule has 0 radical (unpaired) electrons. The fourth-order valence-corrected chi connectivity index (χ4v) is 3.77. The molecule has 1 fully saturated rings. The Morgan fingerprint density at radius 2 is 1.86 bits per heavy atom. The quantitative estimate of drug-likeness (QED) is 0.678. The monoisotopic (exact) mass is 323 g/mol. The van der Waals surface area contributed by atoms with E-state index in [1.165, 1.54) is 12.8 Å². The fraction of sp³-hybridized carbons (Fsp3) is 0.647. The van der Waals surface area contributed by atoms with Crippen LogP contribution in [0, 0.1) is 13.8 Å². The lowest BCUT2D eigenvalue weighted by Crippen LogP contribution is -2.41. The number of esters is 1. The molecule has 5 heteroatoms. The second-order valence-corrected chi connectivity index (χ2v) is 7.53. The van der Waals surface area contributed by atoms with Gasteiger partial charge in [0.2, 0.25) is 0 Å². The van der Waals surface area contributed by atoms with E-state index in [-0.39, 0.29) is 11.9 Å². The van der Waals surface area contributed by atoms with Gasteiger partial charge >= 0.3 is 5.97 Å². The summed E-state index contributed by atoms with van der Waals surface area (Å²) in [5, 5.41) is 3.02. The highest BCUT2D eigenvalue weighted by Crippen LogP contribution is 2.22. The van der Waals surface area contributed by atoms with Gasteiger partial charge in [0.25, 0.3) is 5.91 Å². The van der Waals surface area contributed by atoms with Crippen molar-refractivity contribution in [3.05, 3.63) is 21.4 Å². The van der Waals surface area contributed by atoms with Crippen molar-refractivity contribution >= 4 is 23.2 Å². The minimum atomic E-state index is -0.754. The number of hydrogen-bond acceptors (Lipinski definition) is 4. The van der Waals surface area contributed by atoms with E-state index >= 15 is 0 Å². The van der Waals surface area contributed by atoms with E-state index in [0.29, 0.717) is 5.56 Å². The van der Waals surface area contributed by atoms with Gasteiger partial charge in [-0.3, -0.25) is 4.79 Å². The van der Waals surface area contributed by atoms with Crippen LogP contribution >= 0.6 is 11.3 Å². The molecule has 1 aliphatic rings. The van der Waals surface area contributed by atoms with E-state index < -0.39 is 12.1 Å². The Balaban J connectivity index is 1.87. The summed E-state index contributed by atoms with van der Waals surface area (Å²) in [7, 11) is 0. The zero-order chi connectivity index (χ0) is 16.1. The number of ether oxygens (including phenoxy) is 1. The Labute approximate surface area is 136 Å². The summed E-state index contributed by atoms with van der Waals surface area (Å²) in [6.45, 7) is 5.49. The van der Waals surface area contributed by atoms with E-state index in [4.69, 9.17) is 4.74 Å². The maximum Gasteiger partial charge on any atom is 0.340 e. The minimum absolute atomic E-state index is 0.190. The number of amides is 1. The van der Waals surface area contributed by atoms with Gasteiger partial charge in [0, 0.05) is 15.8 Å². The number of aryl methyl sites for hydroxylation is 2. The Bertz CT molecular complexity index is 530. The molecule has 1 saturated carbocycles. The molecule has 0 unspecified atom stereocenters. The zero-order valence-corrected chi connectivity index (χ0v) is 14.4. The Hall–Kier alpha value is -1.36. The van der Waals surface area contributed by atoms with Crippen molar-refractivity contribution < 1.29 is 14.3 Å². The SMILES string of the molecule is Cc1cc(C(=O)O[C@@H](C)C(=O)NC2CCCCCC2)c(C)s1. The maximum atomic E-state index is 12.2. The van der Waals surface area contributed by atoms with Crippen LogP contribution in [0.5, 0.6) is 0 Å². The number of hydrogen-bond donors (Lipinski definition) is 1. The highest BCUT2D eigenvalue weighted by molar-refractivity contribution is 7.12. The number of rotatable bonds is 4. The first kappa shape index (κ1) is 17.0. The van der Waals surface area contributed by atoms with E-state index in [1.807, 2.05) is 19.9 Å². The third-order valence-corrected chi connectivity index (χ3v) is 5.08. The van der Waals surface area contributed by atoms with Gasteiger partial charge in [-0.25, -0.2) is 4.79 Å². The van der Waals surface area contributed by atoms with Gasteiger partial charge in [-0.15, -0.1) is 11.3 Å². The third-order valence-electron chi connectivity index (χ3n) is 4.12. The van der Waals surface area contributed by atoms with Crippen LogP contribution in [0.2, 0.25) is 0 Å². The normalized spacial score (nSPS) is 17.6. The van der Waals surface area contributed by atoms with Crippen LogP contribution in [0.15, 0.2) is 6.07 Å². The molecule has 0 aliphatic heterocycles. The van der Waals surface area contributed by atoms with Crippen LogP contribution in [-0.2, 0) is 9.53 Å². The minimum Gasteiger partial charge on any atom is -0.449 e. The standard InChI is InChI=1S/C17H25NO3S/c1-11-10-15(13(3)22-11)17(20)21-12(2)16(19)18-14-8-6-4-5-7-9-14/h10,12,14H,4-9H2,1-3H3,(H,18,19)/t12-/m0/s1. The topological polar surface area (TPSA) is 55.4 Å². The predicted octanol–water partition coefficient (Wildman–Crippen LogP) is 3.75. The molecular weight excluding hydrogens is 298 g/mol. The van der Waals surface area contributed by atoms with Gasteiger partial charge in [0.1, 0.15) is 0 Å². The molecule has 0 spiro atoms. The molecule has 1 atom stereocenters. The molecule has 0 bridgehead atoms. The summed E-state index contributed by atoms with van der Waals surface area (Å²) >= 11 is 1.56. The summed E-state index contributed by atoms with van der Waals surface area (Å²) in [5.74, 6) is -0.602. The maximum absolute atomic E-state index is 12.2. The largest absolute Gasteiger partial charge is 0.449 e. The number of carbonyl (C=O) groups excluding carboxylic acids is 2. The van der Waals surface area contributed by atoms with Crippen LogP contribution < -0.4 is 5.32 Å². The highest BCUT2D eigenvalue weighted by Gasteiger charge is 2.23. The average Bonchev–Trinajstić information content (AvgIpc) is 2.66. The van der Waals surface area contributed by atoms with Crippen LogP contribution in [-0.4, -0.2) is 24.0 Å². The third kappa shape index (κ3) is 4.57. The number of nitrogens with one attached hydrogen (secondary N) is 1. The summed E-state index contributed by atoms with van der Waals surface area (Å²) in [5.41, 5.74) is 0.566. The Morgan fingerprint density at radius 1 is 1.23 bits per heavy atom. The van der Waals surface area contributed by atoms with Gasteiger partial charge < -0.3 is 10.1 Å². The summed E-state index contributed by atoms with van der Waals surface area (Å²) in [4.78, 5) is 26.3. The number of thiophene rings is 1. The van der Waals surface area contributed by atoms with Crippen LogP contribution in [0.25, 0.3) is 0 Å². The molecule has 4 nitrogen and oxygen atoms in total. The smallest absolute Gasteiger partial charge is 0.340 e. The van der Waals surface area contributed by atoms with Gasteiger partial charge in [-0.05, 0) is 39.7 Å². The Morgan fingerprint density at radius 3 is 2.41 bits per heavy atom. The van der Waals surface area contributed by atoms with Crippen molar-refractivity contribution in [1.82, 2.24) is 5.32 Å². The first-order valence-corrected chi connectivity index (χ1v) is 8.87. The average molecular weight is 323 g/mol. The van der Waals surface area contributed by atoms with Crippen molar-refractivity contribution in [3.63, 3.8) is 0 Å². The molecule has 0 saturated heterocycles. The summed E-state index contributed by atoms with van der Waals surface area (Å²) in [6.07, 6.45) is 6.10. The molecule has 1 amide bonds. The lowest BCUT2D eigenvalue weighted by molar-refractivity contribution is -0.129. The van der Waals surface area contributed by atoms with Crippen LogP contribution in [0.4, 0.5) is 0 Å². The van der Waals surface area contributed by atoms with Crippen LogP contribution in [0.1, 0.15) is 65.6 Å². The second kappa shape index (κ2) is 7.77. The Kier molecular flexibility index (Phi) is 6.00.